The number of urea groups is 1. The molecule has 6 nitrogen and oxygen atoms in total. The molecule has 0 aromatic heterocycles. The Morgan fingerprint density at radius 1 is 1.14 bits per heavy atom. The molecule has 1 saturated carbocycles. The van der Waals surface area contributed by atoms with E-state index < -0.39 is 0 Å². The van der Waals surface area contributed by atoms with Gasteiger partial charge in [-0.1, -0.05) is 25.3 Å². The van der Waals surface area contributed by atoms with Crippen LogP contribution in [-0.2, 0) is 0 Å². The lowest BCUT2D eigenvalue weighted by atomic mass is 9.96. The number of amides is 4. The van der Waals surface area contributed by atoms with E-state index in [1.165, 1.54) is 13.5 Å². The maximum Gasteiger partial charge on any atom is 0.319 e. The van der Waals surface area contributed by atoms with Gasteiger partial charge in [-0.05, 0) is 25.0 Å². The molecule has 1 heterocycles. The van der Waals surface area contributed by atoms with Crippen molar-refractivity contribution >= 4 is 23.5 Å². The van der Waals surface area contributed by atoms with Gasteiger partial charge in [0.05, 0.1) is 16.8 Å². The van der Waals surface area contributed by atoms with Crippen molar-refractivity contribution in [3.8, 4) is 0 Å². The molecule has 0 spiro atoms. The van der Waals surface area contributed by atoms with E-state index in [4.69, 9.17) is 0 Å². The fraction of sp³-hybridized carbons (Fsp3) is 0.438. The van der Waals surface area contributed by atoms with Gasteiger partial charge in [0.25, 0.3) is 11.8 Å². The lowest BCUT2D eigenvalue weighted by Gasteiger charge is -2.23. The van der Waals surface area contributed by atoms with Gasteiger partial charge in [-0.2, -0.15) is 0 Å². The predicted molar refractivity (Wildman–Crippen MR) is 81.9 cm³/mol. The second kappa shape index (κ2) is 5.79. The van der Waals surface area contributed by atoms with Crippen LogP contribution in [0.4, 0.5) is 10.5 Å². The van der Waals surface area contributed by atoms with Crippen molar-refractivity contribution in [3.05, 3.63) is 29.3 Å². The van der Waals surface area contributed by atoms with Crippen LogP contribution < -0.4 is 10.6 Å². The van der Waals surface area contributed by atoms with Gasteiger partial charge < -0.3 is 10.6 Å². The summed E-state index contributed by atoms with van der Waals surface area (Å²) in [5, 5.41) is 5.65. The van der Waals surface area contributed by atoms with Crippen molar-refractivity contribution in [2.24, 2.45) is 0 Å². The summed E-state index contributed by atoms with van der Waals surface area (Å²) in [5.74, 6) is -0.718. The molecule has 2 aliphatic rings. The van der Waals surface area contributed by atoms with Gasteiger partial charge in [0, 0.05) is 13.1 Å². The molecule has 0 radical (unpaired) electrons. The van der Waals surface area contributed by atoms with Gasteiger partial charge in [-0.15, -0.1) is 0 Å². The SMILES string of the molecule is CN1C(=O)c2cccc(NC(=O)NC3CCCCC3)c2C1=O. The molecular weight excluding hydrogens is 282 g/mol. The molecule has 4 amide bonds. The summed E-state index contributed by atoms with van der Waals surface area (Å²) in [7, 11) is 1.44. The Morgan fingerprint density at radius 2 is 1.86 bits per heavy atom. The lowest BCUT2D eigenvalue weighted by Crippen LogP contribution is -2.39. The number of carbonyl (C=O) groups is 3. The number of fused-ring (bicyclic) bond motifs is 1. The van der Waals surface area contributed by atoms with E-state index in [1.54, 1.807) is 18.2 Å². The lowest BCUT2D eigenvalue weighted by molar-refractivity contribution is 0.0693. The summed E-state index contributed by atoms with van der Waals surface area (Å²) in [6, 6.07) is 4.77. The van der Waals surface area contributed by atoms with Gasteiger partial charge >= 0.3 is 6.03 Å². The Kier molecular flexibility index (Phi) is 3.83. The molecule has 22 heavy (non-hydrogen) atoms. The summed E-state index contributed by atoms with van der Waals surface area (Å²) in [6.07, 6.45) is 5.45. The van der Waals surface area contributed by atoms with Gasteiger partial charge in [-0.25, -0.2) is 4.79 Å². The summed E-state index contributed by atoms with van der Waals surface area (Å²) in [5.41, 5.74) is 0.991. The number of imide groups is 1. The average molecular weight is 301 g/mol. The molecule has 1 aliphatic heterocycles. The highest BCUT2D eigenvalue weighted by Crippen LogP contribution is 2.28. The van der Waals surface area contributed by atoms with Crippen molar-refractivity contribution in [1.29, 1.82) is 0 Å². The van der Waals surface area contributed by atoms with Crippen molar-refractivity contribution in [2.45, 2.75) is 38.1 Å². The second-order valence-corrected chi connectivity index (χ2v) is 5.83. The quantitative estimate of drug-likeness (QED) is 0.823. The Bertz CT molecular complexity index is 636. The standard InChI is InChI=1S/C16H19N3O3/c1-19-14(20)11-8-5-9-12(13(11)15(19)21)18-16(22)17-10-6-3-2-4-7-10/h5,8-10H,2-4,6-7H2,1H3,(H2,17,18,22). The summed E-state index contributed by atoms with van der Waals surface area (Å²) in [6.45, 7) is 0. The minimum absolute atomic E-state index is 0.186. The van der Waals surface area contributed by atoms with Crippen molar-refractivity contribution in [1.82, 2.24) is 10.2 Å². The Morgan fingerprint density at radius 3 is 2.59 bits per heavy atom. The molecule has 1 fully saturated rings. The third kappa shape index (κ3) is 2.56. The van der Waals surface area contributed by atoms with Crippen LogP contribution in [0.2, 0.25) is 0 Å². The van der Waals surface area contributed by atoms with Gasteiger partial charge in [0.2, 0.25) is 0 Å². The molecular formula is C16H19N3O3. The van der Waals surface area contributed by atoms with Crippen molar-refractivity contribution < 1.29 is 14.4 Å². The number of anilines is 1. The smallest absolute Gasteiger partial charge is 0.319 e. The number of rotatable bonds is 2. The molecule has 6 heteroatoms. The van der Waals surface area contributed by atoms with E-state index in [1.807, 2.05) is 0 Å². The topological polar surface area (TPSA) is 78.5 Å². The zero-order valence-corrected chi connectivity index (χ0v) is 12.5. The van der Waals surface area contributed by atoms with E-state index in [2.05, 4.69) is 10.6 Å². The number of benzene rings is 1. The molecule has 0 saturated heterocycles. The molecule has 0 atom stereocenters. The first-order chi connectivity index (χ1) is 10.6. The van der Waals surface area contributed by atoms with Crippen LogP contribution in [0, 0.1) is 0 Å². The molecule has 2 N–H and O–H groups in total. The van der Waals surface area contributed by atoms with Crippen LogP contribution in [-0.4, -0.2) is 35.8 Å². The van der Waals surface area contributed by atoms with E-state index in [0.29, 0.717) is 11.3 Å². The molecule has 116 valence electrons. The monoisotopic (exact) mass is 301 g/mol. The highest BCUT2D eigenvalue weighted by molar-refractivity contribution is 6.24. The maximum atomic E-state index is 12.1. The largest absolute Gasteiger partial charge is 0.335 e. The fourth-order valence-electron chi connectivity index (χ4n) is 3.10. The normalized spacial score (nSPS) is 18.3. The van der Waals surface area contributed by atoms with E-state index in [-0.39, 0.29) is 29.5 Å². The van der Waals surface area contributed by atoms with E-state index in [9.17, 15) is 14.4 Å². The van der Waals surface area contributed by atoms with Gasteiger partial charge in [-0.3, -0.25) is 14.5 Å². The zero-order valence-electron chi connectivity index (χ0n) is 12.5. The van der Waals surface area contributed by atoms with Crippen LogP contribution in [0.15, 0.2) is 18.2 Å². The Hall–Kier alpha value is -2.37. The molecule has 0 unspecified atom stereocenters. The van der Waals surface area contributed by atoms with Crippen LogP contribution in [0.5, 0.6) is 0 Å². The molecule has 1 aliphatic carbocycles. The third-order valence-electron chi connectivity index (χ3n) is 4.31. The number of hydrogen-bond donors (Lipinski definition) is 2. The highest BCUT2D eigenvalue weighted by Gasteiger charge is 2.35. The van der Waals surface area contributed by atoms with E-state index >= 15 is 0 Å². The first-order valence-corrected chi connectivity index (χ1v) is 7.61. The predicted octanol–water partition coefficient (Wildman–Crippen LogP) is 2.37. The summed E-state index contributed by atoms with van der Waals surface area (Å²) in [4.78, 5) is 37.3. The van der Waals surface area contributed by atoms with Crippen LogP contribution in [0.25, 0.3) is 0 Å². The molecule has 1 aromatic rings. The minimum Gasteiger partial charge on any atom is -0.335 e. The molecule has 0 bridgehead atoms. The van der Waals surface area contributed by atoms with E-state index in [0.717, 1.165) is 30.6 Å². The first kappa shape index (κ1) is 14.6. The van der Waals surface area contributed by atoms with Crippen molar-refractivity contribution in [3.63, 3.8) is 0 Å². The third-order valence-corrected chi connectivity index (χ3v) is 4.31. The number of carbonyl (C=O) groups excluding carboxylic acids is 3. The second-order valence-electron chi connectivity index (χ2n) is 5.83. The van der Waals surface area contributed by atoms with Crippen molar-refractivity contribution in [2.75, 3.05) is 12.4 Å². The number of hydrogen-bond acceptors (Lipinski definition) is 3. The van der Waals surface area contributed by atoms with Crippen LogP contribution in [0.1, 0.15) is 52.8 Å². The Balaban J connectivity index is 1.75. The van der Waals surface area contributed by atoms with Gasteiger partial charge in [0.1, 0.15) is 0 Å². The van der Waals surface area contributed by atoms with Crippen LogP contribution in [0.3, 0.4) is 0 Å². The van der Waals surface area contributed by atoms with Gasteiger partial charge in [0.15, 0.2) is 0 Å². The Labute approximate surface area is 128 Å². The summed E-state index contributed by atoms with van der Waals surface area (Å²) < 4.78 is 0. The summed E-state index contributed by atoms with van der Waals surface area (Å²) >= 11 is 0. The highest BCUT2D eigenvalue weighted by atomic mass is 16.2. The molecule has 3 rings (SSSR count). The average Bonchev–Trinajstić information content (AvgIpc) is 2.74. The zero-order chi connectivity index (χ0) is 15.7. The van der Waals surface area contributed by atoms with Crippen LogP contribution >= 0.6 is 0 Å². The number of nitrogens with one attached hydrogen (secondary N) is 2. The number of nitrogens with zero attached hydrogens (tertiary/aromatic N) is 1. The fourth-order valence-corrected chi connectivity index (χ4v) is 3.10. The maximum absolute atomic E-state index is 12.1. The molecule has 1 aromatic carbocycles. The minimum atomic E-state index is -0.381. The first-order valence-electron chi connectivity index (χ1n) is 7.61.